The number of aryl methyl sites for hydroxylation is 1. The number of benzene rings is 2. The van der Waals surface area contributed by atoms with E-state index in [1.807, 2.05) is 13.0 Å². The Morgan fingerprint density at radius 3 is 2.20 bits per heavy atom. The SMILES string of the molecule is COC(=O)c1ccc(Br)c(C)c1.N#Cc1ccc(Br)c(C(F)(F)F)c1. The van der Waals surface area contributed by atoms with Gasteiger partial charge in [0.25, 0.3) is 0 Å². The van der Waals surface area contributed by atoms with Gasteiger partial charge in [-0.3, -0.25) is 0 Å². The van der Waals surface area contributed by atoms with E-state index in [0.29, 0.717) is 5.56 Å². The smallest absolute Gasteiger partial charge is 0.417 e. The monoisotopic (exact) mass is 477 g/mol. The number of rotatable bonds is 1. The summed E-state index contributed by atoms with van der Waals surface area (Å²) in [5.41, 5.74) is 0.776. The van der Waals surface area contributed by atoms with Gasteiger partial charge in [-0.05, 0) is 48.9 Å². The third kappa shape index (κ3) is 6.18. The van der Waals surface area contributed by atoms with Crippen LogP contribution < -0.4 is 0 Å². The molecule has 0 aromatic heterocycles. The van der Waals surface area contributed by atoms with Crippen LogP contribution in [-0.4, -0.2) is 13.1 Å². The summed E-state index contributed by atoms with van der Waals surface area (Å²) in [5.74, 6) is -0.300. The van der Waals surface area contributed by atoms with Gasteiger partial charge in [0.15, 0.2) is 0 Å². The maximum atomic E-state index is 12.2. The van der Waals surface area contributed by atoms with Gasteiger partial charge < -0.3 is 4.74 Å². The van der Waals surface area contributed by atoms with Crippen LogP contribution in [0.3, 0.4) is 0 Å². The van der Waals surface area contributed by atoms with Crippen LogP contribution in [0.25, 0.3) is 0 Å². The van der Waals surface area contributed by atoms with E-state index in [-0.39, 0.29) is 16.0 Å². The summed E-state index contributed by atoms with van der Waals surface area (Å²) in [6, 6.07) is 10.3. The van der Waals surface area contributed by atoms with E-state index < -0.39 is 11.7 Å². The summed E-state index contributed by atoms with van der Waals surface area (Å²) in [7, 11) is 1.37. The molecular weight excluding hydrogens is 467 g/mol. The van der Waals surface area contributed by atoms with Crippen molar-refractivity contribution in [3.05, 3.63) is 67.6 Å². The number of carbonyl (C=O) groups is 1. The Bertz CT molecular complexity index is 815. The number of halogens is 5. The number of nitrogens with zero attached hydrogens (tertiary/aromatic N) is 1. The number of esters is 1. The first kappa shape index (κ1) is 21.2. The van der Waals surface area contributed by atoms with Crippen molar-refractivity contribution in [1.82, 2.24) is 0 Å². The van der Waals surface area contributed by atoms with Crippen molar-refractivity contribution in [2.75, 3.05) is 7.11 Å². The molecule has 0 radical (unpaired) electrons. The van der Waals surface area contributed by atoms with Crippen molar-refractivity contribution in [2.45, 2.75) is 13.1 Å². The average molecular weight is 479 g/mol. The van der Waals surface area contributed by atoms with Gasteiger partial charge in [-0.2, -0.15) is 18.4 Å². The van der Waals surface area contributed by atoms with Gasteiger partial charge in [-0.15, -0.1) is 0 Å². The standard InChI is InChI=1S/C9H9BrO2.C8H3BrF3N/c1-6-5-7(9(11)12-2)3-4-8(6)10;9-7-2-1-5(4-13)3-6(7)8(10,11)12/h3-5H,1-2H3;1-3H. The zero-order valence-electron chi connectivity index (χ0n) is 13.1. The summed E-state index contributed by atoms with van der Waals surface area (Å²) in [6.07, 6.45) is -4.42. The van der Waals surface area contributed by atoms with Gasteiger partial charge in [-0.1, -0.05) is 31.9 Å². The summed E-state index contributed by atoms with van der Waals surface area (Å²) >= 11 is 6.11. The average Bonchev–Trinajstić information content (AvgIpc) is 2.56. The Hall–Kier alpha value is -1.85. The minimum absolute atomic E-state index is 0.00414. The van der Waals surface area contributed by atoms with E-state index in [1.54, 1.807) is 18.2 Å². The Balaban J connectivity index is 0.000000251. The van der Waals surface area contributed by atoms with Gasteiger partial charge >= 0.3 is 12.1 Å². The molecule has 0 aliphatic rings. The molecule has 2 aromatic rings. The molecule has 0 saturated carbocycles. The van der Waals surface area contributed by atoms with Gasteiger partial charge in [0.2, 0.25) is 0 Å². The summed E-state index contributed by atoms with van der Waals surface area (Å²) in [6.45, 7) is 1.93. The molecule has 0 fully saturated rings. The highest BCUT2D eigenvalue weighted by Gasteiger charge is 2.33. The highest BCUT2D eigenvalue weighted by molar-refractivity contribution is 9.10. The second-order valence-corrected chi connectivity index (χ2v) is 6.47. The number of nitriles is 1. The largest absolute Gasteiger partial charge is 0.465 e. The van der Waals surface area contributed by atoms with Crippen LogP contribution in [0.1, 0.15) is 27.0 Å². The molecule has 0 saturated heterocycles. The molecule has 0 N–H and O–H groups in total. The highest BCUT2D eigenvalue weighted by Crippen LogP contribution is 2.35. The molecule has 2 rings (SSSR count). The number of carbonyl (C=O) groups excluding carboxylic acids is 1. The number of alkyl halides is 3. The lowest BCUT2D eigenvalue weighted by molar-refractivity contribution is -0.138. The van der Waals surface area contributed by atoms with Crippen LogP contribution >= 0.6 is 31.9 Å². The number of ether oxygens (including phenoxy) is 1. The van der Waals surface area contributed by atoms with Crippen molar-refractivity contribution in [3.63, 3.8) is 0 Å². The van der Waals surface area contributed by atoms with E-state index >= 15 is 0 Å². The topological polar surface area (TPSA) is 50.1 Å². The second kappa shape index (κ2) is 9.02. The molecule has 0 bridgehead atoms. The first-order valence-corrected chi connectivity index (χ1v) is 8.30. The lowest BCUT2D eigenvalue weighted by Gasteiger charge is -2.08. The number of methoxy groups -OCH3 is 1. The molecule has 3 nitrogen and oxygen atoms in total. The molecule has 8 heteroatoms. The Labute approximate surface area is 159 Å². The Kier molecular flexibility index (Phi) is 7.64. The lowest BCUT2D eigenvalue weighted by Crippen LogP contribution is -2.06. The van der Waals surface area contributed by atoms with Crippen molar-refractivity contribution >= 4 is 37.8 Å². The van der Waals surface area contributed by atoms with Crippen LogP contribution in [0.5, 0.6) is 0 Å². The first-order chi connectivity index (χ1) is 11.6. The number of hydrogen-bond acceptors (Lipinski definition) is 3. The van der Waals surface area contributed by atoms with Crippen molar-refractivity contribution in [3.8, 4) is 6.07 Å². The summed E-state index contributed by atoms with van der Waals surface area (Å²) in [5, 5.41) is 8.39. The third-order valence-corrected chi connectivity index (χ3v) is 4.56. The minimum atomic E-state index is -4.42. The normalized spacial score (nSPS) is 10.3. The number of hydrogen-bond donors (Lipinski definition) is 0. The Morgan fingerprint density at radius 2 is 1.72 bits per heavy atom. The zero-order chi connectivity index (χ0) is 19.2. The van der Waals surface area contributed by atoms with Gasteiger partial charge in [0.05, 0.1) is 29.9 Å². The minimum Gasteiger partial charge on any atom is -0.465 e. The molecule has 2 aromatic carbocycles. The molecule has 0 atom stereocenters. The fourth-order valence-electron chi connectivity index (χ4n) is 1.70. The summed E-state index contributed by atoms with van der Waals surface area (Å²) < 4.78 is 42.2. The molecular formula is C17H12Br2F3NO2. The van der Waals surface area contributed by atoms with E-state index in [1.165, 1.54) is 19.2 Å². The van der Waals surface area contributed by atoms with Crippen molar-refractivity contribution in [1.29, 1.82) is 5.26 Å². The van der Waals surface area contributed by atoms with E-state index in [0.717, 1.165) is 16.1 Å². The molecule has 25 heavy (non-hydrogen) atoms. The van der Waals surface area contributed by atoms with Crippen LogP contribution in [0.2, 0.25) is 0 Å². The summed E-state index contributed by atoms with van der Waals surface area (Å²) in [4.78, 5) is 11.0. The molecule has 0 heterocycles. The second-order valence-electron chi connectivity index (χ2n) is 4.76. The maximum Gasteiger partial charge on any atom is 0.417 e. The maximum absolute atomic E-state index is 12.2. The van der Waals surface area contributed by atoms with E-state index in [9.17, 15) is 18.0 Å². The predicted molar refractivity (Wildman–Crippen MR) is 94.1 cm³/mol. The van der Waals surface area contributed by atoms with Gasteiger partial charge in [-0.25, -0.2) is 4.79 Å². The predicted octanol–water partition coefficient (Wildman–Crippen LogP) is 5.88. The van der Waals surface area contributed by atoms with E-state index in [2.05, 4.69) is 36.6 Å². The molecule has 132 valence electrons. The van der Waals surface area contributed by atoms with E-state index in [4.69, 9.17) is 5.26 Å². The Morgan fingerprint density at radius 1 is 1.12 bits per heavy atom. The third-order valence-electron chi connectivity index (χ3n) is 2.98. The lowest BCUT2D eigenvalue weighted by atomic mass is 10.1. The van der Waals surface area contributed by atoms with Crippen LogP contribution in [-0.2, 0) is 10.9 Å². The van der Waals surface area contributed by atoms with Crippen LogP contribution in [0.4, 0.5) is 13.2 Å². The van der Waals surface area contributed by atoms with Crippen molar-refractivity contribution in [2.24, 2.45) is 0 Å². The van der Waals surface area contributed by atoms with Gasteiger partial charge in [0, 0.05) is 8.95 Å². The van der Waals surface area contributed by atoms with Crippen LogP contribution in [0, 0.1) is 18.3 Å². The molecule has 0 aliphatic carbocycles. The van der Waals surface area contributed by atoms with Crippen molar-refractivity contribution < 1.29 is 22.7 Å². The fourth-order valence-corrected chi connectivity index (χ4v) is 2.42. The quantitative estimate of drug-likeness (QED) is 0.480. The molecule has 0 spiro atoms. The zero-order valence-corrected chi connectivity index (χ0v) is 16.3. The van der Waals surface area contributed by atoms with Gasteiger partial charge in [0.1, 0.15) is 0 Å². The van der Waals surface area contributed by atoms with Crippen LogP contribution in [0.15, 0.2) is 45.3 Å². The molecule has 0 aliphatic heterocycles. The molecule has 0 unspecified atom stereocenters. The highest BCUT2D eigenvalue weighted by atomic mass is 79.9. The fraction of sp³-hybridized carbons (Fsp3) is 0.176. The molecule has 0 amide bonds. The first-order valence-electron chi connectivity index (χ1n) is 6.71.